The van der Waals surface area contributed by atoms with Crippen LogP contribution in [0.25, 0.3) is 0 Å². The minimum atomic E-state index is -2.51. The molecule has 1 fully saturated rings. The number of ether oxygens (including phenoxy) is 1. The summed E-state index contributed by atoms with van der Waals surface area (Å²) in [5, 5.41) is 2.87. The largest absolute Gasteiger partial charge is 0.457 e. The van der Waals surface area contributed by atoms with E-state index in [0.29, 0.717) is 17.3 Å². The Bertz CT molecular complexity index is 715. The van der Waals surface area contributed by atoms with Crippen LogP contribution >= 0.6 is 0 Å². The molecular weight excluding hydrogens is 314 g/mol. The number of anilines is 1. The van der Waals surface area contributed by atoms with E-state index in [2.05, 4.69) is 15.3 Å². The van der Waals surface area contributed by atoms with Gasteiger partial charge in [-0.25, -0.2) is 18.7 Å². The summed E-state index contributed by atoms with van der Waals surface area (Å²) in [6.07, 6.45) is 4.92. The summed E-state index contributed by atoms with van der Waals surface area (Å²) in [7, 11) is 0. The first-order valence-corrected chi connectivity index (χ1v) is 7.65. The van der Waals surface area contributed by atoms with Gasteiger partial charge in [-0.1, -0.05) is 12.1 Å². The van der Waals surface area contributed by atoms with Gasteiger partial charge in [-0.2, -0.15) is 0 Å². The molecule has 1 aliphatic rings. The minimum absolute atomic E-state index is 0.0487. The van der Waals surface area contributed by atoms with Crippen molar-refractivity contribution >= 4 is 5.69 Å². The van der Waals surface area contributed by atoms with Gasteiger partial charge in [0.15, 0.2) is 0 Å². The first-order chi connectivity index (χ1) is 11.6. The minimum Gasteiger partial charge on any atom is -0.457 e. The summed E-state index contributed by atoms with van der Waals surface area (Å²) in [5.41, 5.74) is 7.83. The molecule has 0 bridgehead atoms. The van der Waals surface area contributed by atoms with Crippen molar-refractivity contribution in [1.82, 2.24) is 9.97 Å². The lowest BCUT2D eigenvalue weighted by atomic mass is 10.2. The van der Waals surface area contributed by atoms with E-state index in [1.54, 1.807) is 24.5 Å². The lowest BCUT2D eigenvalue weighted by molar-refractivity contribution is 0.151. The summed E-state index contributed by atoms with van der Waals surface area (Å²) >= 11 is 0. The molecule has 0 amide bonds. The number of alkyl halides is 2. The fourth-order valence-electron chi connectivity index (χ4n) is 2.16. The second-order valence-corrected chi connectivity index (χ2v) is 5.65. The van der Waals surface area contributed by atoms with Crippen LogP contribution < -0.4 is 15.8 Å². The van der Waals surface area contributed by atoms with Gasteiger partial charge in [-0.3, -0.25) is 0 Å². The molecular formula is C17H18F2N4O. The molecule has 3 N–H and O–H groups in total. The molecule has 0 atom stereocenters. The Morgan fingerprint density at radius 3 is 2.75 bits per heavy atom. The molecule has 0 radical (unpaired) electrons. The van der Waals surface area contributed by atoms with Crippen molar-refractivity contribution in [2.75, 3.05) is 11.9 Å². The number of nitrogens with zero attached hydrogens (tertiary/aromatic N) is 2. The molecule has 1 heterocycles. The summed E-state index contributed by atoms with van der Waals surface area (Å²) in [6.45, 7) is 0.102. The van der Waals surface area contributed by atoms with Gasteiger partial charge in [0, 0.05) is 29.8 Å². The molecule has 0 spiro atoms. The molecule has 1 saturated carbocycles. The highest BCUT2D eigenvalue weighted by Crippen LogP contribution is 2.39. The van der Waals surface area contributed by atoms with Crippen LogP contribution in [0.5, 0.6) is 6.01 Å². The molecule has 1 aromatic carbocycles. The summed E-state index contributed by atoms with van der Waals surface area (Å²) < 4.78 is 30.7. The van der Waals surface area contributed by atoms with Crippen molar-refractivity contribution in [2.45, 2.75) is 25.2 Å². The molecule has 0 aliphatic heterocycles. The maximum absolute atomic E-state index is 12.6. The number of hydrogen-bond donors (Lipinski definition) is 2. The average molecular weight is 332 g/mol. The van der Waals surface area contributed by atoms with E-state index in [1.807, 2.05) is 0 Å². The van der Waals surface area contributed by atoms with Gasteiger partial charge in [0.05, 0.1) is 5.70 Å². The van der Waals surface area contributed by atoms with E-state index in [4.69, 9.17) is 10.5 Å². The predicted molar refractivity (Wildman–Crippen MR) is 86.8 cm³/mol. The smallest absolute Gasteiger partial charge is 0.316 e. The Hall–Kier alpha value is -2.70. The zero-order valence-corrected chi connectivity index (χ0v) is 13.0. The molecule has 1 aromatic heterocycles. The maximum atomic E-state index is 12.6. The lowest BCUT2D eigenvalue weighted by Gasteiger charge is -2.07. The van der Waals surface area contributed by atoms with Crippen molar-refractivity contribution in [3.63, 3.8) is 0 Å². The normalized spacial score (nSPS) is 14.7. The van der Waals surface area contributed by atoms with Crippen LogP contribution in [0.2, 0.25) is 0 Å². The van der Waals surface area contributed by atoms with Crippen molar-refractivity contribution in [3.8, 4) is 6.01 Å². The SMILES string of the molecule is N/C(=C\Nc1cccc(C(F)F)c1)COc1ncc(C2CC2)cn1. The van der Waals surface area contributed by atoms with Gasteiger partial charge in [-0.15, -0.1) is 0 Å². The summed E-state index contributed by atoms with van der Waals surface area (Å²) in [6, 6.07) is 6.23. The van der Waals surface area contributed by atoms with Crippen LogP contribution in [0, 0.1) is 0 Å². The topological polar surface area (TPSA) is 73.1 Å². The van der Waals surface area contributed by atoms with Crippen LogP contribution in [-0.2, 0) is 0 Å². The number of rotatable bonds is 7. The Labute approximate surface area is 138 Å². The molecule has 3 rings (SSSR count). The second kappa shape index (κ2) is 7.25. The number of nitrogens with two attached hydrogens (primary N) is 1. The average Bonchev–Trinajstić information content (AvgIpc) is 3.44. The van der Waals surface area contributed by atoms with Crippen LogP contribution in [-0.4, -0.2) is 16.6 Å². The number of nitrogens with one attached hydrogen (secondary N) is 1. The van der Waals surface area contributed by atoms with Crippen LogP contribution in [0.3, 0.4) is 0 Å². The van der Waals surface area contributed by atoms with Crippen LogP contribution in [0.4, 0.5) is 14.5 Å². The number of aromatic nitrogens is 2. The molecule has 0 saturated heterocycles. The zero-order valence-electron chi connectivity index (χ0n) is 13.0. The molecule has 7 heteroatoms. The Balaban J connectivity index is 1.51. The number of hydrogen-bond acceptors (Lipinski definition) is 5. The highest BCUT2D eigenvalue weighted by molar-refractivity contribution is 5.48. The van der Waals surface area contributed by atoms with E-state index >= 15 is 0 Å². The highest BCUT2D eigenvalue weighted by atomic mass is 19.3. The van der Waals surface area contributed by atoms with Crippen molar-refractivity contribution in [3.05, 3.63) is 59.7 Å². The van der Waals surface area contributed by atoms with Gasteiger partial charge < -0.3 is 15.8 Å². The third-order valence-electron chi connectivity index (χ3n) is 3.63. The second-order valence-electron chi connectivity index (χ2n) is 5.65. The highest BCUT2D eigenvalue weighted by Gasteiger charge is 2.24. The van der Waals surface area contributed by atoms with Crippen molar-refractivity contribution in [1.29, 1.82) is 0 Å². The van der Waals surface area contributed by atoms with E-state index in [1.165, 1.54) is 31.2 Å². The fraction of sp³-hybridized carbons (Fsp3) is 0.294. The molecule has 126 valence electrons. The van der Waals surface area contributed by atoms with Gasteiger partial charge in [0.25, 0.3) is 6.43 Å². The molecule has 24 heavy (non-hydrogen) atoms. The van der Waals surface area contributed by atoms with Crippen molar-refractivity contribution in [2.24, 2.45) is 5.73 Å². The number of halogens is 2. The number of benzene rings is 1. The first-order valence-electron chi connectivity index (χ1n) is 7.65. The quantitative estimate of drug-likeness (QED) is 0.811. The monoisotopic (exact) mass is 332 g/mol. The summed E-state index contributed by atoms with van der Waals surface area (Å²) in [4.78, 5) is 8.28. The van der Waals surface area contributed by atoms with Gasteiger partial charge in [0.1, 0.15) is 6.61 Å². The van der Waals surface area contributed by atoms with Gasteiger partial charge >= 0.3 is 6.01 Å². The predicted octanol–water partition coefficient (Wildman–Crippen LogP) is 3.58. The maximum Gasteiger partial charge on any atom is 0.316 e. The summed E-state index contributed by atoms with van der Waals surface area (Å²) in [5.74, 6) is 0.595. The zero-order chi connectivity index (χ0) is 16.9. The van der Waals surface area contributed by atoms with E-state index < -0.39 is 6.43 Å². The van der Waals surface area contributed by atoms with E-state index in [-0.39, 0.29) is 18.2 Å². The molecule has 5 nitrogen and oxygen atoms in total. The fourth-order valence-corrected chi connectivity index (χ4v) is 2.16. The molecule has 0 unspecified atom stereocenters. The standard InChI is InChI=1S/C17H18F2N4O/c18-16(19)12-2-1-3-15(6-12)21-9-14(20)10-24-17-22-7-13(8-23-17)11-4-5-11/h1-3,6-9,11,16,21H,4-5,10,20H2/b14-9-. The van der Waals surface area contributed by atoms with Crippen molar-refractivity contribution < 1.29 is 13.5 Å². The van der Waals surface area contributed by atoms with E-state index in [0.717, 1.165) is 5.56 Å². The lowest BCUT2D eigenvalue weighted by Crippen LogP contribution is -2.12. The van der Waals surface area contributed by atoms with Crippen LogP contribution in [0.1, 0.15) is 36.3 Å². The third-order valence-corrected chi connectivity index (χ3v) is 3.63. The van der Waals surface area contributed by atoms with E-state index in [9.17, 15) is 8.78 Å². The Morgan fingerprint density at radius 2 is 2.08 bits per heavy atom. The third kappa shape index (κ3) is 4.41. The Kier molecular flexibility index (Phi) is 4.88. The molecule has 1 aliphatic carbocycles. The Morgan fingerprint density at radius 1 is 1.33 bits per heavy atom. The van der Waals surface area contributed by atoms with Gasteiger partial charge in [-0.05, 0) is 36.5 Å². The molecule has 2 aromatic rings. The van der Waals surface area contributed by atoms with Gasteiger partial charge in [0.2, 0.25) is 0 Å². The first kappa shape index (κ1) is 16.2. The van der Waals surface area contributed by atoms with Crippen LogP contribution in [0.15, 0.2) is 48.6 Å².